The summed E-state index contributed by atoms with van der Waals surface area (Å²) in [6, 6.07) is 21.7. The first kappa shape index (κ1) is 24.8. The number of rotatable bonds is 9. The molecule has 1 aliphatic heterocycles. The summed E-state index contributed by atoms with van der Waals surface area (Å²) in [5.74, 6) is -0.133. The van der Waals surface area contributed by atoms with Crippen molar-refractivity contribution in [2.24, 2.45) is 0 Å². The molecule has 1 atom stereocenters. The summed E-state index contributed by atoms with van der Waals surface area (Å²) in [4.78, 5) is 17.7. The van der Waals surface area contributed by atoms with Gasteiger partial charge in [-0.1, -0.05) is 48.5 Å². The number of hydrogen-bond donors (Lipinski definition) is 3. The minimum Gasteiger partial charge on any atom is -0.496 e. The number of carbonyl (C=O) groups excluding carboxylic acids is 1. The van der Waals surface area contributed by atoms with Crippen LogP contribution >= 0.6 is 0 Å². The summed E-state index contributed by atoms with van der Waals surface area (Å²) < 4.78 is 35.8. The first-order chi connectivity index (χ1) is 17.0. The fourth-order valence-electron chi connectivity index (χ4n) is 4.65. The van der Waals surface area contributed by atoms with E-state index in [0.29, 0.717) is 37.4 Å². The zero-order chi connectivity index (χ0) is 24.7. The highest BCUT2D eigenvalue weighted by atomic mass is 32.2. The van der Waals surface area contributed by atoms with E-state index < -0.39 is 26.7 Å². The highest BCUT2D eigenvalue weighted by Crippen LogP contribution is 2.39. The van der Waals surface area contributed by atoms with Gasteiger partial charge in [0.2, 0.25) is 10.0 Å². The molecule has 1 amide bonds. The second-order valence-electron chi connectivity index (χ2n) is 8.51. The Morgan fingerprint density at radius 2 is 1.71 bits per heavy atom. The number of sulfonamides is 1. The molecule has 2 aromatic carbocycles. The fourth-order valence-corrected chi connectivity index (χ4v) is 6.39. The number of hydrogen-bond acceptors (Lipinski definition) is 6. The molecule has 0 saturated carbocycles. The Labute approximate surface area is 206 Å². The Morgan fingerprint density at radius 1 is 1.03 bits per heavy atom. The molecule has 35 heavy (non-hydrogen) atoms. The van der Waals surface area contributed by atoms with Crippen molar-refractivity contribution in [3.8, 4) is 5.75 Å². The van der Waals surface area contributed by atoms with Crippen LogP contribution in [0.4, 0.5) is 0 Å². The second-order valence-corrected chi connectivity index (χ2v) is 10.4. The summed E-state index contributed by atoms with van der Waals surface area (Å²) in [5.41, 5.74) is 0.900. The third-order valence-electron chi connectivity index (χ3n) is 6.45. The minimum absolute atomic E-state index is 0.0212. The molecule has 0 bridgehead atoms. The largest absolute Gasteiger partial charge is 0.496 e. The molecule has 1 fully saturated rings. The van der Waals surface area contributed by atoms with Gasteiger partial charge in [-0.3, -0.25) is 9.78 Å². The van der Waals surface area contributed by atoms with E-state index in [1.165, 1.54) is 7.11 Å². The van der Waals surface area contributed by atoms with Crippen molar-refractivity contribution in [2.45, 2.75) is 30.2 Å². The van der Waals surface area contributed by atoms with Gasteiger partial charge in [0, 0.05) is 11.6 Å². The highest BCUT2D eigenvalue weighted by molar-refractivity contribution is 7.90. The number of ether oxygens (including phenoxy) is 1. The number of benzene rings is 2. The van der Waals surface area contributed by atoms with E-state index in [-0.39, 0.29) is 12.1 Å². The van der Waals surface area contributed by atoms with Crippen molar-refractivity contribution in [3.05, 3.63) is 95.8 Å². The third kappa shape index (κ3) is 5.53. The van der Waals surface area contributed by atoms with Crippen LogP contribution in [-0.2, 0) is 22.0 Å². The second kappa shape index (κ2) is 11.0. The van der Waals surface area contributed by atoms with Gasteiger partial charge in [-0.25, -0.2) is 13.1 Å². The van der Waals surface area contributed by atoms with E-state index in [0.717, 1.165) is 5.56 Å². The molecule has 8 nitrogen and oxygen atoms in total. The van der Waals surface area contributed by atoms with Crippen LogP contribution in [-0.4, -0.2) is 44.9 Å². The lowest BCUT2D eigenvalue weighted by Crippen LogP contribution is -2.60. The van der Waals surface area contributed by atoms with E-state index in [1.807, 2.05) is 30.3 Å². The molecule has 1 aliphatic rings. The van der Waals surface area contributed by atoms with Crippen molar-refractivity contribution in [3.63, 3.8) is 0 Å². The number of methoxy groups -OCH3 is 1. The van der Waals surface area contributed by atoms with Gasteiger partial charge in [0.25, 0.3) is 5.91 Å². The maximum Gasteiger partial charge on any atom is 0.256 e. The molecule has 3 N–H and O–H groups in total. The lowest BCUT2D eigenvalue weighted by molar-refractivity contribution is 0.0922. The summed E-state index contributed by atoms with van der Waals surface area (Å²) in [7, 11) is -2.56. The predicted octanol–water partition coefficient (Wildman–Crippen LogP) is 2.59. The molecule has 1 saturated heterocycles. The Kier molecular flexibility index (Phi) is 7.80. The predicted molar refractivity (Wildman–Crippen MR) is 134 cm³/mol. The van der Waals surface area contributed by atoms with Crippen LogP contribution in [0.15, 0.2) is 79.0 Å². The highest BCUT2D eigenvalue weighted by Gasteiger charge is 2.49. The maximum absolute atomic E-state index is 13.9. The molecule has 1 aromatic heterocycles. The van der Waals surface area contributed by atoms with Gasteiger partial charge >= 0.3 is 0 Å². The van der Waals surface area contributed by atoms with Gasteiger partial charge in [-0.05, 0) is 55.8 Å². The van der Waals surface area contributed by atoms with Crippen molar-refractivity contribution in [2.75, 3.05) is 20.2 Å². The Balaban J connectivity index is 1.75. The van der Waals surface area contributed by atoms with Crippen LogP contribution in [0.3, 0.4) is 0 Å². The van der Waals surface area contributed by atoms with E-state index in [4.69, 9.17) is 4.74 Å². The quantitative estimate of drug-likeness (QED) is 0.422. The summed E-state index contributed by atoms with van der Waals surface area (Å²) in [6.07, 6.45) is 2.69. The number of nitrogens with zero attached hydrogens (tertiary/aromatic N) is 1. The average Bonchev–Trinajstić information content (AvgIpc) is 2.92. The van der Waals surface area contributed by atoms with Gasteiger partial charge in [0.15, 0.2) is 5.37 Å². The minimum atomic E-state index is -4.04. The Hall–Kier alpha value is -3.27. The Bertz CT molecular complexity index is 1230. The molecule has 0 radical (unpaired) electrons. The van der Waals surface area contributed by atoms with E-state index in [2.05, 4.69) is 20.3 Å². The molecule has 2 heterocycles. The normalized spacial score (nSPS) is 16.3. The van der Waals surface area contributed by atoms with Crippen LogP contribution < -0.4 is 20.1 Å². The molecule has 0 spiro atoms. The standard InChI is InChI=1S/C26H30N4O4S/c1-34-23-13-6-5-12-22(23)24(31)30-25(35(32,33)29-19-21-11-7-8-16-28-21)26(14-17-27-18-15-26)20-9-3-2-4-10-20/h2-13,16,25,27,29H,14-15,17-19H2,1H3,(H,30,31). The average molecular weight is 495 g/mol. The number of piperidine rings is 1. The van der Waals surface area contributed by atoms with Gasteiger partial charge in [0.05, 0.1) is 24.9 Å². The van der Waals surface area contributed by atoms with Gasteiger partial charge in [0.1, 0.15) is 5.75 Å². The zero-order valence-corrected chi connectivity index (χ0v) is 20.4. The smallest absolute Gasteiger partial charge is 0.256 e. The first-order valence-electron chi connectivity index (χ1n) is 11.5. The monoisotopic (exact) mass is 494 g/mol. The molecule has 1 unspecified atom stereocenters. The number of pyridine rings is 1. The summed E-state index contributed by atoms with van der Waals surface area (Å²) in [5, 5.41) is 4.97. The van der Waals surface area contributed by atoms with Crippen LogP contribution in [0.1, 0.15) is 34.5 Å². The number of amides is 1. The molecule has 3 aromatic rings. The SMILES string of the molecule is COc1ccccc1C(=O)NC(C1(c2ccccc2)CCNCC1)S(=O)(=O)NCc1ccccn1. The van der Waals surface area contributed by atoms with Crippen LogP contribution in [0.2, 0.25) is 0 Å². The first-order valence-corrected chi connectivity index (χ1v) is 13.1. The zero-order valence-electron chi connectivity index (χ0n) is 19.6. The molecular weight excluding hydrogens is 464 g/mol. The van der Waals surface area contributed by atoms with E-state index in [1.54, 1.807) is 48.7 Å². The van der Waals surface area contributed by atoms with Crippen molar-refractivity contribution in [1.29, 1.82) is 0 Å². The summed E-state index contributed by atoms with van der Waals surface area (Å²) >= 11 is 0. The van der Waals surface area contributed by atoms with Crippen molar-refractivity contribution < 1.29 is 17.9 Å². The van der Waals surface area contributed by atoms with E-state index in [9.17, 15) is 13.2 Å². The van der Waals surface area contributed by atoms with Gasteiger partial charge < -0.3 is 15.4 Å². The number of para-hydroxylation sites is 1. The maximum atomic E-state index is 13.9. The lowest BCUT2D eigenvalue weighted by atomic mass is 9.72. The van der Waals surface area contributed by atoms with Gasteiger partial charge in [-0.15, -0.1) is 0 Å². The molecule has 9 heteroatoms. The fraction of sp³-hybridized carbons (Fsp3) is 0.308. The van der Waals surface area contributed by atoms with Crippen molar-refractivity contribution >= 4 is 15.9 Å². The molecule has 0 aliphatic carbocycles. The molecule has 4 rings (SSSR count). The topological polar surface area (TPSA) is 109 Å². The van der Waals surface area contributed by atoms with Crippen molar-refractivity contribution in [1.82, 2.24) is 20.3 Å². The van der Waals surface area contributed by atoms with Crippen LogP contribution in [0.25, 0.3) is 0 Å². The van der Waals surface area contributed by atoms with Gasteiger partial charge in [-0.2, -0.15) is 0 Å². The molecular formula is C26H30N4O4S. The lowest BCUT2D eigenvalue weighted by Gasteiger charge is -2.44. The number of carbonyl (C=O) groups is 1. The number of aromatic nitrogens is 1. The third-order valence-corrected chi connectivity index (χ3v) is 8.19. The molecule has 184 valence electrons. The van der Waals surface area contributed by atoms with E-state index >= 15 is 0 Å². The number of nitrogens with one attached hydrogen (secondary N) is 3. The van der Waals surface area contributed by atoms with Crippen LogP contribution in [0, 0.1) is 0 Å². The summed E-state index contributed by atoms with van der Waals surface area (Å²) in [6.45, 7) is 1.28. The Morgan fingerprint density at radius 3 is 2.40 bits per heavy atom. The van der Waals surface area contributed by atoms with Crippen LogP contribution in [0.5, 0.6) is 5.75 Å².